The number of hydrogen-bond acceptors (Lipinski definition) is 2. The zero-order valence-electron chi connectivity index (χ0n) is 11.0. The molecule has 2 aliphatic rings. The molecule has 1 heterocycles. The molecule has 1 saturated carbocycles. The molecule has 3 rings (SSSR count). The molecule has 1 aliphatic heterocycles. The average Bonchev–Trinajstić information content (AvgIpc) is 2.99. The van der Waals surface area contributed by atoms with Crippen LogP contribution in [0.2, 0.25) is 10.0 Å². The molecular weight excluding hydrogens is 300 g/mol. The summed E-state index contributed by atoms with van der Waals surface area (Å²) in [6.45, 7) is 0.979. The smallest absolute Gasteiger partial charge is 0.167 e. The van der Waals surface area contributed by atoms with E-state index >= 15 is 0 Å². The van der Waals surface area contributed by atoms with Crippen LogP contribution in [0.5, 0.6) is 0 Å². The Labute approximate surface area is 127 Å². The Balaban J connectivity index is 1.79. The van der Waals surface area contributed by atoms with Gasteiger partial charge in [-0.05, 0) is 43.4 Å². The molecule has 0 amide bonds. The number of Topliss-reactive ketones (excluding diaryl/α,β-unsaturated/α-hetero) is 1. The van der Waals surface area contributed by atoms with E-state index in [2.05, 4.69) is 5.32 Å². The number of carbonyl (C=O) groups excluding carboxylic acids is 1. The summed E-state index contributed by atoms with van der Waals surface area (Å²) in [5.74, 6) is 0.471. The second-order valence-corrected chi connectivity index (χ2v) is 6.50. The van der Waals surface area contributed by atoms with Gasteiger partial charge in [-0.25, -0.2) is 4.39 Å². The Morgan fingerprint density at radius 1 is 1.35 bits per heavy atom. The number of hydrogen-bond donors (Lipinski definition) is 1. The third kappa shape index (κ3) is 2.47. The SMILES string of the molecule is O=C(CC1NCC2CCCC21)c1c(Cl)ccc(F)c1Cl. The van der Waals surface area contributed by atoms with Gasteiger partial charge in [-0.2, -0.15) is 0 Å². The fraction of sp³-hybridized carbons (Fsp3) is 0.533. The van der Waals surface area contributed by atoms with Crippen LogP contribution < -0.4 is 5.32 Å². The Hall–Kier alpha value is -0.640. The molecule has 2 nitrogen and oxygen atoms in total. The maximum Gasteiger partial charge on any atom is 0.167 e. The molecule has 0 radical (unpaired) electrons. The van der Waals surface area contributed by atoms with Gasteiger partial charge in [-0.1, -0.05) is 29.6 Å². The van der Waals surface area contributed by atoms with Gasteiger partial charge in [0, 0.05) is 12.5 Å². The monoisotopic (exact) mass is 315 g/mol. The van der Waals surface area contributed by atoms with Gasteiger partial charge in [-0.3, -0.25) is 4.79 Å². The lowest BCUT2D eigenvalue weighted by Crippen LogP contribution is -2.29. The van der Waals surface area contributed by atoms with Gasteiger partial charge in [0.15, 0.2) is 5.78 Å². The van der Waals surface area contributed by atoms with Crippen molar-refractivity contribution >= 4 is 29.0 Å². The first-order chi connectivity index (χ1) is 9.58. The molecule has 1 saturated heterocycles. The summed E-state index contributed by atoms with van der Waals surface area (Å²) in [7, 11) is 0. The van der Waals surface area contributed by atoms with Crippen LogP contribution in [0.1, 0.15) is 36.0 Å². The van der Waals surface area contributed by atoms with E-state index in [1.54, 1.807) is 0 Å². The first kappa shape index (κ1) is 14.3. The summed E-state index contributed by atoms with van der Waals surface area (Å²) in [6.07, 6.45) is 3.98. The van der Waals surface area contributed by atoms with Gasteiger partial charge >= 0.3 is 0 Å². The largest absolute Gasteiger partial charge is 0.313 e. The van der Waals surface area contributed by atoms with Crippen molar-refractivity contribution < 1.29 is 9.18 Å². The Kier molecular flexibility index (Phi) is 4.02. The van der Waals surface area contributed by atoms with E-state index in [4.69, 9.17) is 23.2 Å². The minimum absolute atomic E-state index is 0.122. The topological polar surface area (TPSA) is 29.1 Å². The van der Waals surface area contributed by atoms with Gasteiger partial charge < -0.3 is 5.32 Å². The summed E-state index contributed by atoms with van der Waals surface area (Å²) in [4.78, 5) is 12.4. The van der Waals surface area contributed by atoms with Crippen molar-refractivity contribution in [2.45, 2.75) is 31.7 Å². The van der Waals surface area contributed by atoms with Crippen LogP contribution in [0.25, 0.3) is 0 Å². The number of carbonyl (C=O) groups is 1. The van der Waals surface area contributed by atoms with Crippen molar-refractivity contribution in [1.82, 2.24) is 5.32 Å². The molecule has 0 spiro atoms. The van der Waals surface area contributed by atoms with E-state index in [0.29, 0.717) is 18.3 Å². The summed E-state index contributed by atoms with van der Waals surface area (Å²) in [5.41, 5.74) is 0.122. The van der Waals surface area contributed by atoms with Gasteiger partial charge in [-0.15, -0.1) is 0 Å². The lowest BCUT2D eigenvalue weighted by molar-refractivity contribution is 0.0963. The Bertz CT molecular complexity index is 549. The van der Waals surface area contributed by atoms with Crippen molar-refractivity contribution in [1.29, 1.82) is 0 Å². The molecule has 1 aromatic carbocycles. The zero-order valence-corrected chi connectivity index (χ0v) is 12.5. The van der Waals surface area contributed by atoms with Crippen LogP contribution in [-0.2, 0) is 0 Å². The number of fused-ring (bicyclic) bond motifs is 1. The minimum Gasteiger partial charge on any atom is -0.313 e. The standard InChI is InChI=1S/C15H16Cl2FNO/c16-10-4-5-11(18)15(17)14(10)13(20)6-12-9-3-1-2-8(9)7-19-12/h4-5,8-9,12,19H,1-3,6-7H2. The minimum atomic E-state index is -0.599. The maximum atomic E-state index is 13.5. The molecule has 3 unspecified atom stereocenters. The molecule has 0 bridgehead atoms. The fourth-order valence-corrected chi connectivity index (χ4v) is 4.19. The van der Waals surface area contributed by atoms with Gasteiger partial charge in [0.05, 0.1) is 15.6 Å². The lowest BCUT2D eigenvalue weighted by atomic mass is 9.90. The van der Waals surface area contributed by atoms with Crippen molar-refractivity contribution in [2.24, 2.45) is 11.8 Å². The van der Waals surface area contributed by atoms with E-state index in [9.17, 15) is 9.18 Å². The summed E-state index contributed by atoms with van der Waals surface area (Å²) in [5, 5.41) is 3.47. The molecule has 0 aromatic heterocycles. The van der Waals surface area contributed by atoms with E-state index in [1.807, 2.05) is 0 Å². The number of benzene rings is 1. The van der Waals surface area contributed by atoms with Gasteiger partial charge in [0.25, 0.3) is 0 Å². The fourth-order valence-electron chi connectivity index (χ4n) is 3.61. The molecule has 1 aromatic rings. The maximum absolute atomic E-state index is 13.5. The van der Waals surface area contributed by atoms with Crippen LogP contribution in [0.15, 0.2) is 12.1 Å². The predicted molar refractivity (Wildman–Crippen MR) is 78.0 cm³/mol. The highest BCUT2D eigenvalue weighted by atomic mass is 35.5. The summed E-state index contributed by atoms with van der Waals surface area (Å²) in [6, 6.07) is 2.74. The van der Waals surface area contributed by atoms with Crippen LogP contribution in [0.3, 0.4) is 0 Å². The van der Waals surface area contributed by atoms with E-state index in [1.165, 1.54) is 31.4 Å². The summed E-state index contributed by atoms with van der Waals surface area (Å²) < 4.78 is 13.5. The number of ketones is 1. The molecule has 1 N–H and O–H groups in total. The van der Waals surface area contributed by atoms with Gasteiger partial charge in [0.2, 0.25) is 0 Å². The predicted octanol–water partition coefficient (Wildman–Crippen LogP) is 4.09. The van der Waals surface area contributed by atoms with Crippen molar-refractivity contribution in [3.05, 3.63) is 33.6 Å². The average molecular weight is 316 g/mol. The zero-order chi connectivity index (χ0) is 14.3. The van der Waals surface area contributed by atoms with Crippen LogP contribution in [0.4, 0.5) is 4.39 Å². The quantitative estimate of drug-likeness (QED) is 0.672. The molecule has 3 atom stereocenters. The number of nitrogens with one attached hydrogen (secondary N) is 1. The molecular formula is C15H16Cl2FNO. The highest BCUT2D eigenvalue weighted by molar-refractivity contribution is 6.39. The number of halogens is 3. The molecule has 108 valence electrons. The second-order valence-electron chi connectivity index (χ2n) is 5.72. The summed E-state index contributed by atoms with van der Waals surface area (Å²) >= 11 is 11.9. The highest BCUT2D eigenvalue weighted by Gasteiger charge is 2.39. The Morgan fingerprint density at radius 3 is 2.95 bits per heavy atom. The lowest BCUT2D eigenvalue weighted by Gasteiger charge is -2.18. The van der Waals surface area contributed by atoms with Gasteiger partial charge in [0.1, 0.15) is 5.82 Å². The van der Waals surface area contributed by atoms with Crippen molar-refractivity contribution in [3.8, 4) is 0 Å². The molecule has 2 fully saturated rings. The first-order valence-corrected chi connectivity index (χ1v) is 7.73. The number of rotatable bonds is 3. The molecule has 20 heavy (non-hydrogen) atoms. The normalized spacial score (nSPS) is 28.6. The van der Waals surface area contributed by atoms with Crippen LogP contribution >= 0.6 is 23.2 Å². The molecule has 1 aliphatic carbocycles. The third-order valence-corrected chi connectivity index (χ3v) is 5.29. The molecule has 5 heteroatoms. The van der Waals surface area contributed by atoms with Crippen molar-refractivity contribution in [2.75, 3.05) is 6.54 Å². The third-order valence-electron chi connectivity index (χ3n) is 4.61. The van der Waals surface area contributed by atoms with E-state index in [-0.39, 0.29) is 27.4 Å². The van der Waals surface area contributed by atoms with E-state index in [0.717, 1.165) is 6.54 Å². The van der Waals surface area contributed by atoms with Crippen molar-refractivity contribution in [3.63, 3.8) is 0 Å². The van der Waals surface area contributed by atoms with Crippen LogP contribution in [0, 0.1) is 17.7 Å². The second kappa shape index (κ2) is 5.63. The van der Waals surface area contributed by atoms with Crippen LogP contribution in [-0.4, -0.2) is 18.4 Å². The Morgan fingerprint density at radius 2 is 2.15 bits per heavy atom. The first-order valence-electron chi connectivity index (χ1n) is 6.98. The highest BCUT2D eigenvalue weighted by Crippen LogP contribution is 2.39. The van der Waals surface area contributed by atoms with E-state index < -0.39 is 5.82 Å².